The van der Waals surface area contributed by atoms with Gasteiger partial charge in [0.15, 0.2) is 0 Å². The summed E-state index contributed by atoms with van der Waals surface area (Å²) in [5.41, 5.74) is 3.55. The summed E-state index contributed by atoms with van der Waals surface area (Å²) in [7, 11) is 0. The molecule has 0 radical (unpaired) electrons. The zero-order chi connectivity index (χ0) is 19.4. The van der Waals surface area contributed by atoms with Crippen molar-refractivity contribution < 1.29 is 4.79 Å². The van der Waals surface area contributed by atoms with E-state index >= 15 is 0 Å². The second-order valence-electron chi connectivity index (χ2n) is 7.88. The van der Waals surface area contributed by atoms with E-state index in [1.807, 2.05) is 0 Å². The second-order valence-corrected chi connectivity index (χ2v) is 7.88. The van der Waals surface area contributed by atoms with Gasteiger partial charge >= 0.3 is 0 Å². The van der Waals surface area contributed by atoms with E-state index in [1.165, 1.54) is 19.3 Å². The van der Waals surface area contributed by atoms with Crippen molar-refractivity contribution in [2.75, 3.05) is 23.3 Å². The van der Waals surface area contributed by atoms with Crippen molar-refractivity contribution in [2.24, 2.45) is 0 Å². The summed E-state index contributed by atoms with van der Waals surface area (Å²) in [5, 5.41) is 3.10. The summed E-state index contributed by atoms with van der Waals surface area (Å²) in [5.74, 6) is 1.30. The van der Waals surface area contributed by atoms with Crippen LogP contribution in [0.3, 0.4) is 0 Å². The molecule has 0 saturated carbocycles. The number of hydrogen-bond acceptors (Lipinski definition) is 4. The predicted octanol–water partition coefficient (Wildman–Crippen LogP) is 4.97. The number of carbonyl (C=O) groups is 1. The van der Waals surface area contributed by atoms with Gasteiger partial charge in [-0.3, -0.25) is 4.79 Å². The standard InChI is InChI=1S/C22H30N4O/c1-15(2)17-9-8-10-18(16(3)4)21(17)25-22(27)19-13-24-20(14-23-19)26-11-6-5-7-12-26/h8-10,13-16H,5-7,11-12H2,1-4H3,(H,25,27). The SMILES string of the molecule is CC(C)c1cccc(C(C)C)c1NC(=O)c1cnc(N2CCCCC2)cn1. The molecular weight excluding hydrogens is 336 g/mol. The molecule has 0 spiro atoms. The van der Waals surface area contributed by atoms with Crippen LogP contribution in [0, 0.1) is 0 Å². The molecule has 1 fully saturated rings. The van der Waals surface area contributed by atoms with Crippen molar-refractivity contribution in [3.05, 3.63) is 47.4 Å². The number of anilines is 2. The molecule has 0 aliphatic carbocycles. The minimum atomic E-state index is -0.206. The molecule has 1 amide bonds. The molecule has 0 bridgehead atoms. The van der Waals surface area contributed by atoms with Gasteiger partial charge < -0.3 is 10.2 Å². The molecule has 1 aliphatic rings. The van der Waals surface area contributed by atoms with Gasteiger partial charge in [-0.2, -0.15) is 0 Å². The summed E-state index contributed by atoms with van der Waals surface area (Å²) in [6, 6.07) is 6.22. The maximum Gasteiger partial charge on any atom is 0.275 e. The monoisotopic (exact) mass is 366 g/mol. The van der Waals surface area contributed by atoms with Gasteiger partial charge in [0.1, 0.15) is 11.5 Å². The van der Waals surface area contributed by atoms with E-state index < -0.39 is 0 Å². The first-order valence-corrected chi connectivity index (χ1v) is 9.98. The number of hydrogen-bond donors (Lipinski definition) is 1. The van der Waals surface area contributed by atoms with Crippen molar-refractivity contribution in [1.82, 2.24) is 9.97 Å². The number of piperidine rings is 1. The molecule has 0 unspecified atom stereocenters. The molecule has 5 nitrogen and oxygen atoms in total. The van der Waals surface area contributed by atoms with Gasteiger partial charge in [0.2, 0.25) is 0 Å². The van der Waals surface area contributed by atoms with Crippen LogP contribution < -0.4 is 10.2 Å². The topological polar surface area (TPSA) is 58.1 Å². The van der Waals surface area contributed by atoms with Gasteiger partial charge in [-0.15, -0.1) is 0 Å². The lowest BCUT2D eigenvalue weighted by atomic mass is 9.92. The zero-order valence-electron chi connectivity index (χ0n) is 16.8. The maximum absolute atomic E-state index is 12.8. The van der Waals surface area contributed by atoms with Crippen LogP contribution in [0.4, 0.5) is 11.5 Å². The Morgan fingerprint density at radius 1 is 0.963 bits per heavy atom. The first kappa shape index (κ1) is 19.3. The second kappa shape index (κ2) is 8.51. The van der Waals surface area contributed by atoms with E-state index in [2.05, 4.69) is 66.1 Å². The first-order chi connectivity index (χ1) is 13.0. The Balaban J connectivity index is 1.81. The highest BCUT2D eigenvalue weighted by atomic mass is 16.1. The van der Waals surface area contributed by atoms with E-state index in [1.54, 1.807) is 12.4 Å². The number of para-hydroxylation sites is 1. The third kappa shape index (κ3) is 4.46. The maximum atomic E-state index is 12.8. The van der Waals surface area contributed by atoms with Crippen molar-refractivity contribution in [1.29, 1.82) is 0 Å². The predicted molar refractivity (Wildman–Crippen MR) is 111 cm³/mol. The Morgan fingerprint density at radius 3 is 2.11 bits per heavy atom. The molecule has 5 heteroatoms. The Bertz CT molecular complexity index is 751. The van der Waals surface area contributed by atoms with Crippen molar-refractivity contribution in [2.45, 2.75) is 58.8 Å². The Hall–Kier alpha value is -2.43. The zero-order valence-corrected chi connectivity index (χ0v) is 16.8. The van der Waals surface area contributed by atoms with Crippen LogP contribution in [0.5, 0.6) is 0 Å². The fourth-order valence-electron chi connectivity index (χ4n) is 3.60. The summed E-state index contributed by atoms with van der Waals surface area (Å²) in [6.07, 6.45) is 6.96. The van der Waals surface area contributed by atoms with Crippen molar-refractivity contribution in [3.8, 4) is 0 Å². The minimum Gasteiger partial charge on any atom is -0.355 e. The molecule has 1 N–H and O–H groups in total. The van der Waals surface area contributed by atoms with E-state index in [0.717, 1.165) is 35.7 Å². The number of nitrogens with zero attached hydrogens (tertiary/aromatic N) is 3. The first-order valence-electron chi connectivity index (χ1n) is 9.98. The van der Waals surface area contributed by atoms with Gasteiger partial charge in [0.05, 0.1) is 12.4 Å². The highest BCUT2D eigenvalue weighted by Gasteiger charge is 2.18. The molecule has 0 atom stereocenters. The molecule has 144 valence electrons. The molecule has 1 aromatic carbocycles. The Kier molecular flexibility index (Phi) is 6.09. The van der Waals surface area contributed by atoms with Crippen molar-refractivity contribution >= 4 is 17.4 Å². The lowest BCUT2D eigenvalue weighted by Crippen LogP contribution is -2.30. The number of nitrogens with one attached hydrogen (secondary N) is 1. The summed E-state index contributed by atoms with van der Waals surface area (Å²) in [6.45, 7) is 10.6. The summed E-state index contributed by atoms with van der Waals surface area (Å²) in [4.78, 5) is 23.9. The van der Waals surface area contributed by atoms with Gasteiger partial charge in [-0.05, 0) is 42.2 Å². The normalized spacial score (nSPS) is 14.7. The lowest BCUT2D eigenvalue weighted by Gasteiger charge is -2.27. The van der Waals surface area contributed by atoms with Gasteiger partial charge in [-0.1, -0.05) is 45.9 Å². The number of aromatic nitrogens is 2. The number of benzene rings is 1. The average molecular weight is 367 g/mol. The molecule has 1 saturated heterocycles. The molecule has 27 heavy (non-hydrogen) atoms. The van der Waals surface area contributed by atoms with Crippen LogP contribution in [-0.2, 0) is 0 Å². The van der Waals surface area contributed by atoms with Crippen molar-refractivity contribution in [3.63, 3.8) is 0 Å². The third-order valence-electron chi connectivity index (χ3n) is 5.16. The van der Waals surface area contributed by atoms with E-state index in [0.29, 0.717) is 17.5 Å². The van der Waals surface area contributed by atoms with Crippen LogP contribution in [0.15, 0.2) is 30.6 Å². The Labute approximate surface area is 162 Å². The van der Waals surface area contributed by atoms with Crippen LogP contribution >= 0.6 is 0 Å². The van der Waals surface area contributed by atoms with E-state index in [9.17, 15) is 4.79 Å². The van der Waals surface area contributed by atoms with Crippen LogP contribution in [-0.4, -0.2) is 29.0 Å². The molecule has 1 aliphatic heterocycles. The Morgan fingerprint density at radius 2 is 1.59 bits per heavy atom. The number of carbonyl (C=O) groups excluding carboxylic acids is 1. The molecule has 2 heterocycles. The molecule has 1 aromatic heterocycles. The molecule has 2 aromatic rings. The fourth-order valence-corrected chi connectivity index (χ4v) is 3.60. The van der Waals surface area contributed by atoms with Gasteiger partial charge in [0.25, 0.3) is 5.91 Å². The van der Waals surface area contributed by atoms with Gasteiger partial charge in [-0.25, -0.2) is 9.97 Å². The number of amides is 1. The van der Waals surface area contributed by atoms with Crippen LogP contribution in [0.25, 0.3) is 0 Å². The lowest BCUT2D eigenvalue weighted by molar-refractivity contribution is 0.102. The smallest absolute Gasteiger partial charge is 0.275 e. The quantitative estimate of drug-likeness (QED) is 0.812. The molecular formula is C22H30N4O. The minimum absolute atomic E-state index is 0.206. The van der Waals surface area contributed by atoms with E-state index in [4.69, 9.17) is 0 Å². The average Bonchev–Trinajstić information content (AvgIpc) is 2.68. The largest absolute Gasteiger partial charge is 0.355 e. The molecule has 3 rings (SSSR count). The summed E-state index contributed by atoms with van der Waals surface area (Å²) >= 11 is 0. The van der Waals surface area contributed by atoms with Crippen LogP contribution in [0.2, 0.25) is 0 Å². The summed E-state index contributed by atoms with van der Waals surface area (Å²) < 4.78 is 0. The van der Waals surface area contributed by atoms with E-state index in [-0.39, 0.29) is 5.91 Å². The van der Waals surface area contributed by atoms with Crippen LogP contribution in [0.1, 0.15) is 80.4 Å². The fraction of sp³-hybridized carbons (Fsp3) is 0.500. The highest BCUT2D eigenvalue weighted by molar-refractivity contribution is 6.03. The highest BCUT2D eigenvalue weighted by Crippen LogP contribution is 2.32. The number of rotatable bonds is 5. The third-order valence-corrected chi connectivity index (χ3v) is 5.16. The van der Waals surface area contributed by atoms with Gasteiger partial charge in [0, 0.05) is 18.8 Å².